The fourth-order valence-corrected chi connectivity index (χ4v) is 5.64. The molecule has 2 aromatic carbocycles. The van der Waals surface area contributed by atoms with Crippen LogP contribution in [0.2, 0.25) is 0 Å². The lowest BCUT2D eigenvalue weighted by molar-refractivity contribution is 0.0341. The quantitative estimate of drug-likeness (QED) is 0.527. The van der Waals surface area contributed by atoms with Gasteiger partial charge in [0.25, 0.3) is 5.91 Å². The minimum atomic E-state index is -0.208. The van der Waals surface area contributed by atoms with Crippen molar-refractivity contribution < 1.29 is 13.9 Å². The summed E-state index contributed by atoms with van der Waals surface area (Å²) < 4.78 is 19.0. The van der Waals surface area contributed by atoms with Crippen LogP contribution in [0.4, 0.5) is 4.39 Å². The average molecular weight is 480 g/mol. The van der Waals surface area contributed by atoms with Crippen molar-refractivity contribution in [2.75, 3.05) is 52.5 Å². The zero-order valence-corrected chi connectivity index (χ0v) is 20.1. The molecule has 34 heavy (non-hydrogen) atoms. The van der Waals surface area contributed by atoms with Crippen LogP contribution in [-0.4, -0.2) is 73.1 Å². The van der Waals surface area contributed by atoms with Crippen LogP contribution in [0.15, 0.2) is 60.7 Å². The van der Waals surface area contributed by atoms with Gasteiger partial charge in [0, 0.05) is 67.7 Å². The van der Waals surface area contributed by atoms with E-state index in [4.69, 9.17) is 4.74 Å². The van der Waals surface area contributed by atoms with Crippen LogP contribution in [0, 0.1) is 5.82 Å². The average Bonchev–Trinajstić information content (AvgIpc) is 3.33. The molecule has 0 radical (unpaired) electrons. The van der Waals surface area contributed by atoms with E-state index in [0.29, 0.717) is 0 Å². The molecule has 0 unspecified atom stereocenters. The van der Waals surface area contributed by atoms with E-state index in [1.807, 2.05) is 29.2 Å². The molecule has 7 heteroatoms. The van der Waals surface area contributed by atoms with Gasteiger partial charge in [-0.1, -0.05) is 24.3 Å². The molecule has 0 aliphatic carbocycles. The SMILES string of the molecule is O=C(c1cccc(CN2CCOCC2)c1)N1CCN(Cc2ccc(-c3cccc(F)c3)s2)CC1. The van der Waals surface area contributed by atoms with Crippen molar-refractivity contribution in [2.45, 2.75) is 13.1 Å². The topological polar surface area (TPSA) is 36.0 Å². The highest BCUT2D eigenvalue weighted by atomic mass is 32.1. The van der Waals surface area contributed by atoms with Gasteiger partial charge < -0.3 is 9.64 Å². The number of thiophene rings is 1. The molecule has 2 aliphatic rings. The molecule has 3 aromatic rings. The summed E-state index contributed by atoms with van der Waals surface area (Å²) in [4.78, 5) is 22.2. The predicted molar refractivity (Wildman–Crippen MR) is 133 cm³/mol. The summed E-state index contributed by atoms with van der Waals surface area (Å²) in [5, 5.41) is 0. The maximum atomic E-state index is 13.5. The monoisotopic (exact) mass is 479 g/mol. The second-order valence-electron chi connectivity index (χ2n) is 8.93. The van der Waals surface area contributed by atoms with E-state index in [0.717, 1.165) is 81.6 Å². The van der Waals surface area contributed by atoms with Crippen molar-refractivity contribution in [3.05, 3.63) is 82.5 Å². The first-order valence-corrected chi connectivity index (χ1v) is 12.7. The summed E-state index contributed by atoms with van der Waals surface area (Å²) in [5.41, 5.74) is 2.87. The molecular formula is C27H30FN3O2S. The highest BCUT2D eigenvalue weighted by Gasteiger charge is 2.23. The lowest BCUT2D eigenvalue weighted by atomic mass is 10.1. The molecule has 2 fully saturated rings. The number of carbonyl (C=O) groups is 1. The normalized spacial score (nSPS) is 17.7. The maximum absolute atomic E-state index is 13.5. The lowest BCUT2D eigenvalue weighted by Gasteiger charge is -2.34. The van der Waals surface area contributed by atoms with Crippen molar-refractivity contribution in [2.24, 2.45) is 0 Å². The van der Waals surface area contributed by atoms with E-state index in [1.165, 1.54) is 16.5 Å². The van der Waals surface area contributed by atoms with Crippen molar-refractivity contribution in [1.82, 2.24) is 14.7 Å². The van der Waals surface area contributed by atoms with Gasteiger partial charge in [0.15, 0.2) is 0 Å². The first kappa shape index (κ1) is 23.2. The van der Waals surface area contributed by atoms with Crippen LogP contribution in [0.1, 0.15) is 20.8 Å². The molecule has 2 aliphatic heterocycles. The molecule has 5 rings (SSSR count). The zero-order valence-electron chi connectivity index (χ0n) is 19.3. The smallest absolute Gasteiger partial charge is 0.253 e. The van der Waals surface area contributed by atoms with E-state index in [1.54, 1.807) is 23.5 Å². The van der Waals surface area contributed by atoms with Gasteiger partial charge in [0.2, 0.25) is 0 Å². The Kier molecular flexibility index (Phi) is 7.35. The van der Waals surface area contributed by atoms with E-state index in [9.17, 15) is 9.18 Å². The van der Waals surface area contributed by atoms with Crippen LogP contribution in [-0.2, 0) is 17.8 Å². The summed E-state index contributed by atoms with van der Waals surface area (Å²) in [5.74, 6) is -0.0899. The number of hydrogen-bond acceptors (Lipinski definition) is 5. The number of nitrogens with zero attached hydrogens (tertiary/aromatic N) is 3. The Bertz CT molecular complexity index is 1120. The van der Waals surface area contributed by atoms with Crippen molar-refractivity contribution >= 4 is 17.2 Å². The molecule has 3 heterocycles. The van der Waals surface area contributed by atoms with Crippen LogP contribution >= 0.6 is 11.3 Å². The minimum Gasteiger partial charge on any atom is -0.379 e. The Morgan fingerprint density at radius 3 is 2.41 bits per heavy atom. The molecule has 0 bridgehead atoms. The first-order valence-electron chi connectivity index (χ1n) is 11.9. The van der Waals surface area contributed by atoms with E-state index in [-0.39, 0.29) is 11.7 Å². The molecule has 2 saturated heterocycles. The number of hydrogen-bond donors (Lipinski definition) is 0. The van der Waals surface area contributed by atoms with Gasteiger partial charge in [-0.05, 0) is 47.5 Å². The molecular weight excluding hydrogens is 449 g/mol. The van der Waals surface area contributed by atoms with Crippen molar-refractivity contribution in [1.29, 1.82) is 0 Å². The summed E-state index contributed by atoms with van der Waals surface area (Å²) in [6.45, 7) is 8.32. The molecule has 0 atom stereocenters. The number of morpholine rings is 1. The second-order valence-corrected chi connectivity index (χ2v) is 10.1. The summed E-state index contributed by atoms with van der Waals surface area (Å²) in [6, 6.07) is 19.0. The van der Waals surface area contributed by atoms with Crippen LogP contribution in [0.25, 0.3) is 10.4 Å². The Hall–Kier alpha value is -2.58. The second kappa shape index (κ2) is 10.8. The van der Waals surface area contributed by atoms with Crippen LogP contribution in [0.5, 0.6) is 0 Å². The number of ether oxygens (including phenoxy) is 1. The molecule has 0 N–H and O–H groups in total. The molecule has 1 aromatic heterocycles. The summed E-state index contributed by atoms with van der Waals surface area (Å²) >= 11 is 1.71. The highest BCUT2D eigenvalue weighted by Crippen LogP contribution is 2.29. The first-order chi connectivity index (χ1) is 16.6. The van der Waals surface area contributed by atoms with Gasteiger partial charge in [0.05, 0.1) is 13.2 Å². The predicted octanol–water partition coefficient (Wildman–Crippen LogP) is 4.34. The zero-order chi connectivity index (χ0) is 23.3. The Morgan fingerprint density at radius 2 is 1.62 bits per heavy atom. The number of carbonyl (C=O) groups excluding carboxylic acids is 1. The van der Waals surface area contributed by atoms with Crippen molar-refractivity contribution in [3.63, 3.8) is 0 Å². The molecule has 178 valence electrons. The number of piperazine rings is 1. The third-order valence-electron chi connectivity index (χ3n) is 6.49. The number of benzene rings is 2. The van der Waals surface area contributed by atoms with Gasteiger partial charge in [-0.15, -0.1) is 11.3 Å². The van der Waals surface area contributed by atoms with Gasteiger partial charge >= 0.3 is 0 Å². The third kappa shape index (κ3) is 5.73. The Morgan fingerprint density at radius 1 is 0.853 bits per heavy atom. The minimum absolute atomic E-state index is 0.119. The van der Waals surface area contributed by atoms with Gasteiger partial charge in [-0.2, -0.15) is 0 Å². The number of rotatable bonds is 6. The van der Waals surface area contributed by atoms with Crippen LogP contribution in [0.3, 0.4) is 0 Å². The number of amides is 1. The molecule has 0 saturated carbocycles. The van der Waals surface area contributed by atoms with Crippen LogP contribution < -0.4 is 0 Å². The fraction of sp³-hybridized carbons (Fsp3) is 0.370. The highest BCUT2D eigenvalue weighted by molar-refractivity contribution is 7.15. The lowest BCUT2D eigenvalue weighted by Crippen LogP contribution is -2.48. The third-order valence-corrected chi connectivity index (χ3v) is 7.61. The molecule has 1 amide bonds. The standard InChI is InChI=1S/C27H30FN3O2S/c28-24-6-2-4-22(18-24)26-8-7-25(34-26)20-29-9-11-31(12-10-29)27(32)23-5-1-3-21(17-23)19-30-13-15-33-16-14-30/h1-8,17-18H,9-16,19-20H2. The summed E-state index contributed by atoms with van der Waals surface area (Å²) in [7, 11) is 0. The van der Waals surface area contributed by atoms with Crippen molar-refractivity contribution in [3.8, 4) is 10.4 Å². The van der Waals surface area contributed by atoms with E-state index in [2.05, 4.69) is 28.0 Å². The molecule has 5 nitrogen and oxygen atoms in total. The largest absolute Gasteiger partial charge is 0.379 e. The fourth-order valence-electron chi connectivity index (χ4n) is 4.59. The molecule has 0 spiro atoms. The Labute approximate surface area is 204 Å². The Balaban J connectivity index is 1.14. The van der Waals surface area contributed by atoms with E-state index >= 15 is 0 Å². The summed E-state index contributed by atoms with van der Waals surface area (Å²) in [6.07, 6.45) is 0. The maximum Gasteiger partial charge on any atom is 0.253 e. The van der Waals surface area contributed by atoms with Gasteiger partial charge in [-0.25, -0.2) is 4.39 Å². The number of halogens is 1. The van der Waals surface area contributed by atoms with E-state index < -0.39 is 0 Å². The van der Waals surface area contributed by atoms with Gasteiger partial charge in [-0.3, -0.25) is 14.6 Å². The van der Waals surface area contributed by atoms with Gasteiger partial charge in [0.1, 0.15) is 5.82 Å².